The summed E-state index contributed by atoms with van der Waals surface area (Å²) in [6.45, 7) is 0. The molecule has 2 unspecified atom stereocenters. The van der Waals surface area contributed by atoms with Crippen molar-refractivity contribution in [2.45, 2.75) is 31.4 Å². The number of primary amides is 1. The molecule has 1 aliphatic carbocycles. The van der Waals surface area contributed by atoms with Crippen molar-refractivity contribution in [1.29, 1.82) is 0 Å². The van der Waals surface area contributed by atoms with E-state index in [9.17, 15) is 4.79 Å². The van der Waals surface area contributed by atoms with Gasteiger partial charge in [0.1, 0.15) is 6.10 Å². The Bertz CT molecular complexity index is 396. The quantitative estimate of drug-likeness (QED) is 0.739. The van der Waals surface area contributed by atoms with E-state index in [0.717, 1.165) is 19.3 Å². The summed E-state index contributed by atoms with van der Waals surface area (Å²) in [5.41, 5.74) is 11.1. The minimum Gasteiger partial charge on any atom is -0.471 e. The van der Waals surface area contributed by atoms with Crippen molar-refractivity contribution in [2.24, 2.45) is 11.5 Å². The summed E-state index contributed by atoms with van der Waals surface area (Å²) in [5, 5.41) is 0. The van der Waals surface area contributed by atoms with Crippen molar-refractivity contribution in [3.05, 3.63) is 18.1 Å². The van der Waals surface area contributed by atoms with Crippen LogP contribution in [0.4, 0.5) is 0 Å². The Hall–Kier alpha value is -1.69. The predicted molar refractivity (Wildman–Crippen MR) is 56.8 cm³/mol. The monoisotopic (exact) mass is 222 g/mol. The molecule has 0 saturated heterocycles. The van der Waals surface area contributed by atoms with Crippen molar-refractivity contribution in [1.82, 2.24) is 9.97 Å². The van der Waals surface area contributed by atoms with Gasteiger partial charge in [-0.15, -0.1) is 0 Å². The summed E-state index contributed by atoms with van der Waals surface area (Å²) in [6, 6.07) is -0.0114. The highest BCUT2D eigenvalue weighted by Crippen LogP contribution is 2.23. The van der Waals surface area contributed by atoms with Gasteiger partial charge in [0.05, 0.1) is 0 Å². The summed E-state index contributed by atoms with van der Waals surface area (Å²) in [7, 11) is 0. The van der Waals surface area contributed by atoms with Crippen LogP contribution in [0, 0.1) is 0 Å². The Morgan fingerprint density at radius 3 is 2.75 bits per heavy atom. The second-order valence-corrected chi connectivity index (χ2v) is 3.83. The first-order valence-electron chi connectivity index (χ1n) is 5.21. The number of nitrogens with two attached hydrogens (primary N) is 2. The molecule has 1 amide bonds. The van der Waals surface area contributed by atoms with Crippen molar-refractivity contribution in [3.8, 4) is 5.88 Å². The zero-order chi connectivity index (χ0) is 11.5. The van der Waals surface area contributed by atoms with Gasteiger partial charge in [-0.1, -0.05) is 0 Å². The molecule has 6 nitrogen and oxygen atoms in total. The van der Waals surface area contributed by atoms with Crippen molar-refractivity contribution in [2.75, 3.05) is 0 Å². The number of amides is 1. The van der Waals surface area contributed by atoms with Crippen LogP contribution < -0.4 is 16.2 Å². The van der Waals surface area contributed by atoms with Crippen LogP contribution in [0.15, 0.2) is 12.4 Å². The van der Waals surface area contributed by atoms with Gasteiger partial charge >= 0.3 is 0 Å². The molecule has 1 heterocycles. The molecule has 0 radical (unpaired) electrons. The first-order valence-corrected chi connectivity index (χ1v) is 5.21. The summed E-state index contributed by atoms with van der Waals surface area (Å²) in [6.07, 6.45) is 5.59. The number of nitrogens with zero attached hydrogens (tertiary/aromatic N) is 2. The minimum atomic E-state index is -0.644. The van der Waals surface area contributed by atoms with Crippen LogP contribution in [0.1, 0.15) is 29.8 Å². The maximum atomic E-state index is 11.1. The molecule has 1 fully saturated rings. The zero-order valence-electron chi connectivity index (χ0n) is 8.80. The Kier molecular flexibility index (Phi) is 3.00. The topological polar surface area (TPSA) is 104 Å². The molecular formula is C10H14N4O2. The highest BCUT2D eigenvalue weighted by molar-refractivity contribution is 5.92. The van der Waals surface area contributed by atoms with Crippen LogP contribution in [0.25, 0.3) is 0 Å². The Labute approximate surface area is 93.0 Å². The fourth-order valence-electron chi connectivity index (χ4n) is 1.82. The van der Waals surface area contributed by atoms with Gasteiger partial charge in [-0.05, 0) is 19.3 Å². The molecule has 1 aromatic heterocycles. The van der Waals surface area contributed by atoms with E-state index in [1.807, 2.05) is 0 Å². The molecule has 86 valence electrons. The highest BCUT2D eigenvalue weighted by atomic mass is 16.5. The summed E-state index contributed by atoms with van der Waals surface area (Å²) < 4.78 is 5.58. The molecule has 0 aliphatic heterocycles. The standard InChI is InChI=1S/C10H14N4O2/c11-6-2-1-3-7(6)16-10-8(9(12)15)13-4-5-14-10/h4-7H,1-3,11H2,(H2,12,15). The summed E-state index contributed by atoms with van der Waals surface area (Å²) in [5.74, 6) is -0.466. The molecule has 1 aliphatic rings. The highest BCUT2D eigenvalue weighted by Gasteiger charge is 2.27. The third kappa shape index (κ3) is 2.11. The van der Waals surface area contributed by atoms with Crippen LogP contribution in [0.3, 0.4) is 0 Å². The molecular weight excluding hydrogens is 208 g/mol. The fraction of sp³-hybridized carbons (Fsp3) is 0.500. The van der Waals surface area contributed by atoms with E-state index >= 15 is 0 Å². The second kappa shape index (κ2) is 4.44. The largest absolute Gasteiger partial charge is 0.471 e. The van der Waals surface area contributed by atoms with Crippen LogP contribution in [-0.4, -0.2) is 28.0 Å². The minimum absolute atomic E-state index is 0.0114. The number of hydrogen-bond donors (Lipinski definition) is 2. The Balaban J connectivity index is 2.17. The molecule has 0 spiro atoms. The molecule has 1 saturated carbocycles. The predicted octanol–water partition coefficient (Wildman–Crippen LogP) is -0.166. The van der Waals surface area contributed by atoms with Gasteiger partial charge in [0, 0.05) is 18.4 Å². The van der Waals surface area contributed by atoms with E-state index in [-0.39, 0.29) is 23.7 Å². The number of ether oxygens (including phenoxy) is 1. The lowest BCUT2D eigenvalue weighted by Gasteiger charge is -2.17. The van der Waals surface area contributed by atoms with E-state index < -0.39 is 5.91 Å². The average molecular weight is 222 g/mol. The van der Waals surface area contributed by atoms with E-state index in [1.165, 1.54) is 12.4 Å². The van der Waals surface area contributed by atoms with Crippen LogP contribution in [0.5, 0.6) is 5.88 Å². The molecule has 2 rings (SSSR count). The van der Waals surface area contributed by atoms with E-state index in [4.69, 9.17) is 16.2 Å². The normalized spacial score (nSPS) is 24.3. The molecule has 0 aromatic carbocycles. The smallest absolute Gasteiger partial charge is 0.272 e. The molecule has 16 heavy (non-hydrogen) atoms. The average Bonchev–Trinajstić information content (AvgIpc) is 2.65. The Morgan fingerprint density at radius 2 is 2.12 bits per heavy atom. The number of aromatic nitrogens is 2. The number of rotatable bonds is 3. The van der Waals surface area contributed by atoms with E-state index in [0.29, 0.717) is 0 Å². The Morgan fingerprint density at radius 1 is 1.38 bits per heavy atom. The van der Waals surface area contributed by atoms with Gasteiger partial charge in [0.15, 0.2) is 5.69 Å². The van der Waals surface area contributed by atoms with Crippen molar-refractivity contribution in [3.63, 3.8) is 0 Å². The maximum absolute atomic E-state index is 11.1. The van der Waals surface area contributed by atoms with Crippen LogP contribution >= 0.6 is 0 Å². The van der Waals surface area contributed by atoms with Crippen molar-refractivity contribution < 1.29 is 9.53 Å². The summed E-state index contributed by atoms with van der Waals surface area (Å²) in [4.78, 5) is 18.9. The number of carbonyl (C=O) groups is 1. The third-order valence-corrected chi connectivity index (χ3v) is 2.66. The summed E-state index contributed by atoms with van der Waals surface area (Å²) >= 11 is 0. The second-order valence-electron chi connectivity index (χ2n) is 3.83. The lowest BCUT2D eigenvalue weighted by Crippen LogP contribution is -2.34. The van der Waals surface area contributed by atoms with Gasteiger partial charge in [0.2, 0.25) is 5.88 Å². The van der Waals surface area contributed by atoms with E-state index in [2.05, 4.69) is 9.97 Å². The first kappa shape index (κ1) is 10.8. The van der Waals surface area contributed by atoms with Crippen LogP contribution in [0.2, 0.25) is 0 Å². The maximum Gasteiger partial charge on any atom is 0.272 e. The van der Waals surface area contributed by atoms with Gasteiger partial charge in [-0.2, -0.15) is 0 Å². The molecule has 2 atom stereocenters. The first-order chi connectivity index (χ1) is 7.68. The van der Waals surface area contributed by atoms with Gasteiger partial charge in [-0.25, -0.2) is 9.97 Å². The lowest BCUT2D eigenvalue weighted by molar-refractivity contribution is 0.0984. The third-order valence-electron chi connectivity index (χ3n) is 2.66. The number of carbonyl (C=O) groups excluding carboxylic acids is 1. The van der Waals surface area contributed by atoms with Gasteiger partial charge in [0.25, 0.3) is 5.91 Å². The van der Waals surface area contributed by atoms with Crippen LogP contribution in [-0.2, 0) is 0 Å². The van der Waals surface area contributed by atoms with E-state index in [1.54, 1.807) is 0 Å². The van der Waals surface area contributed by atoms with Crippen molar-refractivity contribution >= 4 is 5.91 Å². The van der Waals surface area contributed by atoms with Gasteiger partial charge < -0.3 is 16.2 Å². The fourth-order valence-corrected chi connectivity index (χ4v) is 1.82. The molecule has 6 heteroatoms. The molecule has 0 bridgehead atoms. The van der Waals surface area contributed by atoms with Gasteiger partial charge in [-0.3, -0.25) is 4.79 Å². The number of hydrogen-bond acceptors (Lipinski definition) is 5. The SMILES string of the molecule is NC(=O)c1nccnc1OC1CCCC1N. The molecule has 1 aromatic rings. The zero-order valence-corrected chi connectivity index (χ0v) is 8.80. The molecule has 4 N–H and O–H groups in total. The lowest BCUT2D eigenvalue weighted by atomic mass is 10.2.